The maximum absolute atomic E-state index is 11.9. The van der Waals surface area contributed by atoms with Gasteiger partial charge in [0.2, 0.25) is 0 Å². The summed E-state index contributed by atoms with van der Waals surface area (Å²) in [7, 11) is 0. The molecule has 0 spiro atoms. The van der Waals surface area contributed by atoms with Crippen molar-refractivity contribution in [3.05, 3.63) is 11.9 Å². The molecule has 0 fully saturated rings. The molecule has 0 aliphatic rings. The first-order valence-electron chi connectivity index (χ1n) is 2.62. The molecule has 0 aliphatic heterocycles. The molecule has 0 radical (unpaired) electrons. The minimum absolute atomic E-state index is 0.558. The molecule has 0 aromatic rings. The summed E-state index contributed by atoms with van der Waals surface area (Å²) in [5.74, 6) is -2.42. The number of allylic oxidation sites excluding steroid dienone is 2. The van der Waals surface area contributed by atoms with E-state index in [4.69, 9.17) is 0 Å². The van der Waals surface area contributed by atoms with Crippen molar-refractivity contribution in [3.8, 4) is 0 Å². The van der Waals surface area contributed by atoms with E-state index >= 15 is 0 Å². The second-order valence-corrected chi connectivity index (χ2v) is 2.27. The standard InChI is InChI=1S/C5H3ClF6/c6-5(11,12)3(8)1-2(7)4(9)10/h1-2,4H. The van der Waals surface area contributed by atoms with Gasteiger partial charge in [-0.3, -0.25) is 0 Å². The maximum Gasteiger partial charge on any atom is 0.373 e. The van der Waals surface area contributed by atoms with Crippen LogP contribution in [0.2, 0.25) is 0 Å². The van der Waals surface area contributed by atoms with Crippen LogP contribution < -0.4 is 0 Å². The summed E-state index contributed by atoms with van der Waals surface area (Å²) >= 11 is 4.04. The van der Waals surface area contributed by atoms with E-state index in [9.17, 15) is 26.3 Å². The largest absolute Gasteiger partial charge is 0.373 e. The summed E-state index contributed by atoms with van der Waals surface area (Å²) in [5.41, 5.74) is 0. The van der Waals surface area contributed by atoms with E-state index in [1.807, 2.05) is 0 Å². The average Bonchev–Trinajstić information content (AvgIpc) is 1.85. The van der Waals surface area contributed by atoms with E-state index in [0.717, 1.165) is 0 Å². The topological polar surface area (TPSA) is 0 Å². The number of alkyl halides is 6. The zero-order valence-electron chi connectivity index (χ0n) is 5.38. The van der Waals surface area contributed by atoms with Crippen LogP contribution >= 0.6 is 11.6 Å². The van der Waals surface area contributed by atoms with Gasteiger partial charge in [0.1, 0.15) is 0 Å². The highest BCUT2D eigenvalue weighted by Crippen LogP contribution is 2.30. The molecule has 0 heterocycles. The number of hydrogen-bond acceptors (Lipinski definition) is 0. The van der Waals surface area contributed by atoms with E-state index in [-0.39, 0.29) is 0 Å². The molecule has 7 heteroatoms. The van der Waals surface area contributed by atoms with Gasteiger partial charge in [0.05, 0.1) is 0 Å². The van der Waals surface area contributed by atoms with E-state index in [0.29, 0.717) is 0 Å². The van der Waals surface area contributed by atoms with Crippen LogP contribution in [-0.2, 0) is 0 Å². The molecule has 0 amide bonds. The molecular weight excluding hydrogens is 209 g/mol. The zero-order chi connectivity index (χ0) is 9.94. The molecule has 0 rings (SSSR count). The molecule has 0 N–H and O–H groups in total. The second kappa shape index (κ2) is 4.02. The van der Waals surface area contributed by atoms with Crippen molar-refractivity contribution in [1.82, 2.24) is 0 Å². The second-order valence-electron chi connectivity index (χ2n) is 1.79. The Balaban J connectivity index is 4.36. The predicted octanol–water partition coefficient (Wildman–Crippen LogP) is 3.27. The summed E-state index contributed by atoms with van der Waals surface area (Å²) < 4.78 is 69.7. The third kappa shape index (κ3) is 3.85. The minimum Gasteiger partial charge on any atom is -0.237 e. The van der Waals surface area contributed by atoms with Gasteiger partial charge < -0.3 is 0 Å². The summed E-state index contributed by atoms with van der Waals surface area (Å²) in [4.78, 5) is 0. The summed E-state index contributed by atoms with van der Waals surface area (Å²) in [6.07, 6.45) is -7.18. The Bertz CT molecular complexity index is 171. The first kappa shape index (κ1) is 11.6. The van der Waals surface area contributed by atoms with E-state index < -0.39 is 29.9 Å². The van der Waals surface area contributed by atoms with E-state index in [1.54, 1.807) is 0 Å². The fraction of sp³-hybridized carbons (Fsp3) is 0.600. The van der Waals surface area contributed by atoms with Crippen LogP contribution in [0.3, 0.4) is 0 Å². The quantitative estimate of drug-likeness (QED) is 0.498. The van der Waals surface area contributed by atoms with Crippen molar-refractivity contribution in [2.75, 3.05) is 0 Å². The van der Waals surface area contributed by atoms with Crippen molar-refractivity contribution < 1.29 is 26.3 Å². The van der Waals surface area contributed by atoms with Gasteiger partial charge in [-0.15, -0.1) is 0 Å². The molecule has 0 aromatic carbocycles. The Morgan fingerprint density at radius 3 is 1.92 bits per heavy atom. The van der Waals surface area contributed by atoms with Crippen LogP contribution in [0, 0.1) is 0 Å². The SMILES string of the molecule is FC(=CC(F)C(F)F)C(F)(F)Cl. The van der Waals surface area contributed by atoms with Crippen LogP contribution in [-0.4, -0.2) is 18.0 Å². The fourth-order valence-electron chi connectivity index (χ4n) is 0.307. The van der Waals surface area contributed by atoms with Crippen molar-refractivity contribution in [1.29, 1.82) is 0 Å². The van der Waals surface area contributed by atoms with Gasteiger partial charge in [-0.2, -0.15) is 8.78 Å². The highest BCUT2D eigenvalue weighted by Gasteiger charge is 2.33. The first-order chi connectivity index (χ1) is 5.25. The minimum atomic E-state index is -4.43. The lowest BCUT2D eigenvalue weighted by atomic mass is 10.3. The van der Waals surface area contributed by atoms with Gasteiger partial charge in [-0.1, -0.05) is 0 Å². The fourth-order valence-corrected chi connectivity index (χ4v) is 0.370. The van der Waals surface area contributed by atoms with Gasteiger partial charge in [0, 0.05) is 0 Å². The zero-order valence-corrected chi connectivity index (χ0v) is 6.13. The average molecular weight is 213 g/mol. The molecule has 0 aliphatic carbocycles. The molecule has 1 atom stereocenters. The van der Waals surface area contributed by atoms with Crippen LogP contribution in [0.1, 0.15) is 0 Å². The van der Waals surface area contributed by atoms with Crippen LogP contribution in [0.4, 0.5) is 26.3 Å². The smallest absolute Gasteiger partial charge is 0.237 e. The molecule has 12 heavy (non-hydrogen) atoms. The lowest BCUT2D eigenvalue weighted by molar-refractivity contribution is 0.0674. The van der Waals surface area contributed by atoms with Crippen molar-refractivity contribution in [2.24, 2.45) is 0 Å². The summed E-state index contributed by atoms with van der Waals surface area (Å²) in [5, 5.41) is -4.43. The molecule has 72 valence electrons. The van der Waals surface area contributed by atoms with Gasteiger partial charge in [0.15, 0.2) is 12.0 Å². The Hall–Kier alpha value is -0.390. The Morgan fingerprint density at radius 1 is 1.25 bits per heavy atom. The van der Waals surface area contributed by atoms with Gasteiger partial charge >= 0.3 is 5.38 Å². The molecule has 1 unspecified atom stereocenters. The number of hydrogen-bond donors (Lipinski definition) is 0. The van der Waals surface area contributed by atoms with Gasteiger partial charge in [0.25, 0.3) is 6.43 Å². The Kier molecular flexibility index (Phi) is 3.89. The Labute approximate surface area is 68.8 Å². The van der Waals surface area contributed by atoms with Crippen molar-refractivity contribution >= 4 is 11.6 Å². The summed E-state index contributed by atoms with van der Waals surface area (Å²) in [6.45, 7) is 0. The normalized spacial score (nSPS) is 16.8. The third-order valence-electron chi connectivity index (χ3n) is 0.817. The highest BCUT2D eigenvalue weighted by atomic mass is 35.5. The third-order valence-corrected chi connectivity index (χ3v) is 0.998. The monoisotopic (exact) mass is 212 g/mol. The Morgan fingerprint density at radius 2 is 1.67 bits per heavy atom. The highest BCUT2D eigenvalue weighted by molar-refractivity contribution is 6.23. The lowest BCUT2D eigenvalue weighted by Gasteiger charge is -2.05. The maximum atomic E-state index is 11.9. The summed E-state index contributed by atoms with van der Waals surface area (Å²) in [6, 6.07) is 0. The van der Waals surface area contributed by atoms with E-state index in [2.05, 4.69) is 11.6 Å². The first-order valence-corrected chi connectivity index (χ1v) is 2.99. The van der Waals surface area contributed by atoms with Crippen molar-refractivity contribution in [3.63, 3.8) is 0 Å². The molecule has 0 saturated carbocycles. The van der Waals surface area contributed by atoms with Crippen LogP contribution in [0.15, 0.2) is 11.9 Å². The van der Waals surface area contributed by atoms with Crippen LogP contribution in [0.5, 0.6) is 0 Å². The van der Waals surface area contributed by atoms with Crippen molar-refractivity contribution in [2.45, 2.75) is 18.0 Å². The van der Waals surface area contributed by atoms with Crippen LogP contribution in [0.25, 0.3) is 0 Å². The lowest BCUT2D eigenvalue weighted by Crippen LogP contribution is -2.13. The molecule has 0 nitrogen and oxygen atoms in total. The number of rotatable bonds is 3. The molecular formula is C5H3ClF6. The predicted molar refractivity (Wildman–Crippen MR) is 30.9 cm³/mol. The van der Waals surface area contributed by atoms with Gasteiger partial charge in [-0.25, -0.2) is 17.6 Å². The van der Waals surface area contributed by atoms with Gasteiger partial charge in [-0.05, 0) is 17.7 Å². The number of halogens is 7. The molecule has 0 bridgehead atoms. The van der Waals surface area contributed by atoms with E-state index in [1.165, 1.54) is 0 Å². The molecule has 0 aromatic heterocycles. The molecule has 0 saturated heterocycles.